The van der Waals surface area contributed by atoms with Gasteiger partial charge in [-0.2, -0.15) is 0 Å². The fourth-order valence-electron chi connectivity index (χ4n) is 7.06. The highest BCUT2D eigenvalue weighted by molar-refractivity contribution is 5.98. The zero-order valence-electron chi connectivity index (χ0n) is 29.3. The molecule has 0 amide bonds. The standard InChI is InChI=1S/C50H35N3/c1-34-13-10-24-47(51-34)41-21-11-20-40(29-41)35-25-27-36(28-26-35)42-30-43(46-23-12-19-37-14-8-9-22-45(37)46)32-44(31-42)50-52-48(38-15-4-2-5-16-38)33-49(53-50)39-17-6-3-7-18-39/h2-33H,1H3. The van der Waals surface area contributed by atoms with Crippen molar-refractivity contribution in [3.05, 3.63) is 200 Å². The molecule has 0 atom stereocenters. The summed E-state index contributed by atoms with van der Waals surface area (Å²) in [5.74, 6) is 0.687. The first-order chi connectivity index (χ1) is 26.1. The first-order valence-corrected chi connectivity index (χ1v) is 17.9. The summed E-state index contributed by atoms with van der Waals surface area (Å²) in [6.07, 6.45) is 0. The van der Waals surface area contributed by atoms with Crippen molar-refractivity contribution >= 4 is 10.8 Å². The maximum absolute atomic E-state index is 5.21. The molecule has 9 aromatic rings. The number of aromatic nitrogens is 3. The molecule has 53 heavy (non-hydrogen) atoms. The quantitative estimate of drug-likeness (QED) is 0.169. The fraction of sp³-hybridized carbons (Fsp3) is 0.0200. The largest absolute Gasteiger partial charge is 0.253 e. The third-order valence-electron chi connectivity index (χ3n) is 9.76. The first kappa shape index (κ1) is 32.0. The number of benzene rings is 7. The number of pyridine rings is 1. The highest BCUT2D eigenvalue weighted by Crippen LogP contribution is 2.37. The van der Waals surface area contributed by atoms with Gasteiger partial charge in [0.2, 0.25) is 0 Å². The Morgan fingerprint density at radius 3 is 1.55 bits per heavy atom. The molecule has 250 valence electrons. The Labute approximate surface area is 310 Å². The van der Waals surface area contributed by atoms with Crippen LogP contribution in [0.15, 0.2) is 194 Å². The minimum atomic E-state index is 0.687. The molecule has 0 bridgehead atoms. The number of hydrogen-bond donors (Lipinski definition) is 0. The average Bonchev–Trinajstić information content (AvgIpc) is 3.24. The predicted molar refractivity (Wildman–Crippen MR) is 220 cm³/mol. The predicted octanol–water partition coefficient (Wildman–Crippen LogP) is 13.0. The SMILES string of the molecule is Cc1cccc(-c2cccc(-c3ccc(-c4cc(-c5nc(-c6ccccc6)cc(-c6ccccc6)n5)cc(-c5cccc6ccccc56)c4)cc3)c2)n1. The zero-order chi connectivity index (χ0) is 35.6. The van der Waals surface area contributed by atoms with Crippen LogP contribution in [0.4, 0.5) is 0 Å². The molecule has 0 unspecified atom stereocenters. The molecule has 0 aliphatic heterocycles. The molecule has 2 heterocycles. The minimum absolute atomic E-state index is 0.687. The summed E-state index contributed by atoms with van der Waals surface area (Å²) >= 11 is 0. The zero-order valence-corrected chi connectivity index (χ0v) is 29.3. The second-order valence-electron chi connectivity index (χ2n) is 13.3. The Hall–Kier alpha value is -6.97. The number of rotatable bonds is 7. The molecule has 0 saturated carbocycles. The van der Waals surface area contributed by atoms with Gasteiger partial charge >= 0.3 is 0 Å². The van der Waals surface area contributed by atoms with Gasteiger partial charge in [-0.25, -0.2) is 9.97 Å². The fourth-order valence-corrected chi connectivity index (χ4v) is 7.06. The Kier molecular flexibility index (Phi) is 8.43. The molecule has 0 aliphatic carbocycles. The van der Waals surface area contributed by atoms with Crippen LogP contribution in [0.2, 0.25) is 0 Å². The van der Waals surface area contributed by atoms with E-state index in [-0.39, 0.29) is 0 Å². The lowest BCUT2D eigenvalue weighted by Crippen LogP contribution is -1.97. The van der Waals surface area contributed by atoms with Crippen LogP contribution < -0.4 is 0 Å². The summed E-state index contributed by atoms with van der Waals surface area (Å²) < 4.78 is 0. The maximum atomic E-state index is 5.21. The highest BCUT2D eigenvalue weighted by Gasteiger charge is 2.15. The lowest BCUT2D eigenvalue weighted by molar-refractivity contribution is 1.18. The summed E-state index contributed by atoms with van der Waals surface area (Å²) in [5, 5.41) is 2.42. The van der Waals surface area contributed by atoms with Gasteiger partial charge in [0.1, 0.15) is 0 Å². The van der Waals surface area contributed by atoms with Gasteiger partial charge in [-0.15, -0.1) is 0 Å². The molecule has 0 radical (unpaired) electrons. The number of fused-ring (bicyclic) bond motifs is 1. The molecular formula is C50H35N3. The van der Waals surface area contributed by atoms with Crippen LogP contribution in [0, 0.1) is 6.92 Å². The van der Waals surface area contributed by atoms with Crippen molar-refractivity contribution in [1.29, 1.82) is 0 Å². The van der Waals surface area contributed by atoms with Crippen molar-refractivity contribution in [3.63, 3.8) is 0 Å². The third kappa shape index (κ3) is 6.64. The molecule has 9 rings (SSSR count). The van der Waals surface area contributed by atoms with E-state index in [0.29, 0.717) is 5.82 Å². The van der Waals surface area contributed by atoms with Gasteiger partial charge in [0.05, 0.1) is 17.1 Å². The van der Waals surface area contributed by atoms with Crippen molar-refractivity contribution < 1.29 is 0 Å². The van der Waals surface area contributed by atoms with Crippen LogP contribution in [-0.2, 0) is 0 Å². The van der Waals surface area contributed by atoms with Crippen molar-refractivity contribution in [2.45, 2.75) is 6.92 Å². The second-order valence-corrected chi connectivity index (χ2v) is 13.3. The van der Waals surface area contributed by atoms with Gasteiger partial charge in [-0.05, 0) is 93.5 Å². The van der Waals surface area contributed by atoms with Crippen LogP contribution >= 0.6 is 0 Å². The molecule has 0 saturated heterocycles. The second kappa shape index (κ2) is 14.0. The summed E-state index contributed by atoms with van der Waals surface area (Å²) in [5.41, 5.74) is 14.8. The van der Waals surface area contributed by atoms with E-state index in [1.165, 1.54) is 16.3 Å². The van der Waals surface area contributed by atoms with Crippen LogP contribution in [0.5, 0.6) is 0 Å². The van der Waals surface area contributed by atoms with Crippen molar-refractivity contribution in [3.8, 4) is 78.5 Å². The van der Waals surface area contributed by atoms with Crippen LogP contribution in [0.1, 0.15) is 5.69 Å². The van der Waals surface area contributed by atoms with Crippen molar-refractivity contribution in [2.24, 2.45) is 0 Å². The Morgan fingerprint density at radius 1 is 0.302 bits per heavy atom. The van der Waals surface area contributed by atoms with E-state index >= 15 is 0 Å². The topological polar surface area (TPSA) is 38.7 Å². The number of hydrogen-bond acceptors (Lipinski definition) is 3. The van der Waals surface area contributed by atoms with Gasteiger partial charge in [-0.1, -0.05) is 152 Å². The Morgan fingerprint density at radius 2 is 0.830 bits per heavy atom. The van der Waals surface area contributed by atoms with Crippen molar-refractivity contribution in [1.82, 2.24) is 15.0 Å². The molecular weight excluding hydrogens is 643 g/mol. The van der Waals surface area contributed by atoms with Crippen LogP contribution in [0.25, 0.3) is 89.3 Å². The van der Waals surface area contributed by atoms with E-state index in [1.54, 1.807) is 0 Å². The molecule has 0 N–H and O–H groups in total. The van der Waals surface area contributed by atoms with Gasteiger partial charge in [-0.3, -0.25) is 4.98 Å². The minimum Gasteiger partial charge on any atom is -0.253 e. The molecule has 2 aromatic heterocycles. The van der Waals surface area contributed by atoms with Crippen molar-refractivity contribution in [2.75, 3.05) is 0 Å². The monoisotopic (exact) mass is 677 g/mol. The average molecular weight is 678 g/mol. The molecule has 3 nitrogen and oxygen atoms in total. The number of nitrogens with zero attached hydrogens (tertiary/aromatic N) is 3. The van der Waals surface area contributed by atoms with Gasteiger partial charge in [0, 0.05) is 27.9 Å². The van der Waals surface area contributed by atoms with Gasteiger partial charge in [0.25, 0.3) is 0 Å². The first-order valence-electron chi connectivity index (χ1n) is 17.9. The van der Waals surface area contributed by atoms with E-state index in [2.05, 4.69) is 176 Å². The lowest BCUT2D eigenvalue weighted by atomic mass is 9.92. The Bertz CT molecular complexity index is 2650. The highest BCUT2D eigenvalue weighted by atomic mass is 14.9. The smallest absolute Gasteiger partial charge is 0.160 e. The molecule has 7 aromatic carbocycles. The molecule has 3 heteroatoms. The molecule has 0 aliphatic rings. The van der Waals surface area contributed by atoms with Gasteiger partial charge < -0.3 is 0 Å². The summed E-state index contributed by atoms with van der Waals surface area (Å²) in [7, 11) is 0. The maximum Gasteiger partial charge on any atom is 0.160 e. The van der Waals surface area contributed by atoms with E-state index in [1.807, 2.05) is 25.1 Å². The van der Waals surface area contributed by atoms with Crippen LogP contribution in [0.3, 0.4) is 0 Å². The molecule has 0 fully saturated rings. The Balaban J connectivity index is 1.19. The summed E-state index contributed by atoms with van der Waals surface area (Å²) in [4.78, 5) is 15.2. The van der Waals surface area contributed by atoms with E-state index in [0.717, 1.165) is 72.8 Å². The summed E-state index contributed by atoms with van der Waals surface area (Å²) in [6, 6.07) is 68.3. The molecule has 0 spiro atoms. The normalized spacial score (nSPS) is 11.1. The third-order valence-corrected chi connectivity index (χ3v) is 9.76. The summed E-state index contributed by atoms with van der Waals surface area (Å²) in [6.45, 7) is 2.03. The number of aryl methyl sites for hydroxylation is 1. The van der Waals surface area contributed by atoms with Gasteiger partial charge in [0.15, 0.2) is 5.82 Å². The van der Waals surface area contributed by atoms with Crippen LogP contribution in [-0.4, -0.2) is 15.0 Å². The van der Waals surface area contributed by atoms with E-state index < -0.39 is 0 Å². The lowest BCUT2D eigenvalue weighted by Gasteiger charge is -2.14. The van der Waals surface area contributed by atoms with E-state index in [4.69, 9.17) is 15.0 Å². The van der Waals surface area contributed by atoms with E-state index in [9.17, 15) is 0 Å².